The largest absolute Gasteiger partial charge is 0.444 e. The molecule has 1 aliphatic heterocycles. The average Bonchev–Trinajstić information content (AvgIpc) is 3.00. The van der Waals surface area contributed by atoms with Gasteiger partial charge in [0.1, 0.15) is 5.76 Å². The van der Waals surface area contributed by atoms with Crippen LogP contribution in [0.4, 0.5) is 17.3 Å². The van der Waals surface area contributed by atoms with E-state index in [0.717, 1.165) is 18.1 Å². The molecule has 0 fully saturated rings. The van der Waals surface area contributed by atoms with Gasteiger partial charge in [-0.3, -0.25) is 4.90 Å². The molecule has 4 rings (SSSR count). The summed E-state index contributed by atoms with van der Waals surface area (Å²) in [6.45, 7) is 10.9. The van der Waals surface area contributed by atoms with Gasteiger partial charge in [-0.1, -0.05) is 49.7 Å². The first kappa shape index (κ1) is 19.2. The Morgan fingerprint density at radius 3 is 2.36 bits per heavy atom. The van der Waals surface area contributed by atoms with Crippen LogP contribution in [-0.2, 0) is 6.42 Å². The van der Waals surface area contributed by atoms with Crippen molar-refractivity contribution in [2.24, 2.45) is 0 Å². The molecule has 0 bridgehead atoms. The third kappa shape index (κ3) is 3.48. The summed E-state index contributed by atoms with van der Waals surface area (Å²) in [5.41, 5.74) is 7.81. The van der Waals surface area contributed by atoms with Crippen LogP contribution in [0.25, 0.3) is 0 Å². The summed E-state index contributed by atoms with van der Waals surface area (Å²) in [4.78, 5) is 4.81. The van der Waals surface area contributed by atoms with Crippen molar-refractivity contribution >= 4 is 29.0 Å². The SMILES string of the molecule is CCCCCc1cc(C)c(N2c3ccc(C)cc3Sc3cc(C)oc32)c(C)c1. The Kier molecular flexibility index (Phi) is 5.29. The standard InChI is InChI=1S/C25H29NOS/c1-6-7-8-9-20-13-17(3)24(18(4)14-20)26-21-11-10-16(2)12-22(21)28-23-15-19(5)27-25(23)26/h10-15H,6-9H2,1-5H3. The summed E-state index contributed by atoms with van der Waals surface area (Å²) in [7, 11) is 0. The number of anilines is 3. The molecule has 2 nitrogen and oxygen atoms in total. The topological polar surface area (TPSA) is 16.4 Å². The van der Waals surface area contributed by atoms with Crippen molar-refractivity contribution in [1.29, 1.82) is 0 Å². The second-order valence-electron chi connectivity index (χ2n) is 7.97. The molecule has 0 radical (unpaired) electrons. The molecule has 28 heavy (non-hydrogen) atoms. The second kappa shape index (κ2) is 7.71. The number of furan rings is 1. The lowest BCUT2D eigenvalue weighted by Gasteiger charge is -2.32. The van der Waals surface area contributed by atoms with E-state index in [9.17, 15) is 0 Å². The molecule has 146 valence electrons. The maximum absolute atomic E-state index is 6.18. The van der Waals surface area contributed by atoms with Crippen molar-refractivity contribution < 1.29 is 4.42 Å². The van der Waals surface area contributed by atoms with Crippen molar-refractivity contribution in [3.05, 3.63) is 64.4 Å². The number of unbranched alkanes of at least 4 members (excludes halogenated alkanes) is 2. The highest BCUT2D eigenvalue weighted by atomic mass is 32.2. The van der Waals surface area contributed by atoms with Crippen molar-refractivity contribution in [1.82, 2.24) is 0 Å². The molecule has 1 aromatic heterocycles. The fourth-order valence-electron chi connectivity index (χ4n) is 4.17. The van der Waals surface area contributed by atoms with Crippen LogP contribution in [-0.4, -0.2) is 0 Å². The number of rotatable bonds is 5. The van der Waals surface area contributed by atoms with Crippen molar-refractivity contribution in [2.45, 2.75) is 70.1 Å². The molecule has 0 unspecified atom stereocenters. The normalized spacial score (nSPS) is 12.8. The van der Waals surface area contributed by atoms with Crippen LogP contribution in [0.15, 0.2) is 50.6 Å². The molecule has 1 aliphatic rings. The zero-order chi connectivity index (χ0) is 19.8. The molecular formula is C25H29NOS. The van der Waals surface area contributed by atoms with Gasteiger partial charge in [-0.2, -0.15) is 0 Å². The van der Waals surface area contributed by atoms with E-state index in [1.54, 1.807) is 0 Å². The minimum absolute atomic E-state index is 0.948. The second-order valence-corrected chi connectivity index (χ2v) is 9.05. The number of hydrogen-bond acceptors (Lipinski definition) is 3. The van der Waals surface area contributed by atoms with Crippen molar-refractivity contribution in [3.63, 3.8) is 0 Å². The predicted molar refractivity (Wildman–Crippen MR) is 120 cm³/mol. The lowest BCUT2D eigenvalue weighted by Crippen LogP contribution is -2.16. The zero-order valence-electron chi connectivity index (χ0n) is 17.6. The fourth-order valence-corrected chi connectivity index (χ4v) is 5.36. The minimum Gasteiger partial charge on any atom is -0.444 e. The van der Waals surface area contributed by atoms with Gasteiger partial charge in [-0.25, -0.2) is 0 Å². The van der Waals surface area contributed by atoms with E-state index in [2.05, 4.69) is 69.0 Å². The number of aryl methyl sites for hydroxylation is 5. The summed E-state index contributed by atoms with van der Waals surface area (Å²) in [5, 5.41) is 0. The number of fused-ring (bicyclic) bond motifs is 2. The van der Waals surface area contributed by atoms with Crippen LogP contribution in [0, 0.1) is 27.7 Å². The van der Waals surface area contributed by atoms with Gasteiger partial charge in [0.15, 0.2) is 0 Å². The molecule has 0 aliphatic carbocycles. The predicted octanol–water partition coefficient (Wildman–Crippen LogP) is 8.18. The zero-order valence-corrected chi connectivity index (χ0v) is 18.4. The Balaban J connectivity index is 1.83. The minimum atomic E-state index is 0.948. The Morgan fingerprint density at radius 1 is 0.893 bits per heavy atom. The van der Waals surface area contributed by atoms with Crippen molar-refractivity contribution in [3.8, 4) is 0 Å². The summed E-state index contributed by atoms with van der Waals surface area (Å²) in [6.07, 6.45) is 4.98. The smallest absolute Gasteiger partial charge is 0.218 e. The van der Waals surface area contributed by atoms with Gasteiger partial charge in [-0.05, 0) is 81.0 Å². The van der Waals surface area contributed by atoms with E-state index >= 15 is 0 Å². The van der Waals surface area contributed by atoms with Crippen LogP contribution >= 0.6 is 11.8 Å². The van der Waals surface area contributed by atoms with E-state index in [4.69, 9.17) is 4.42 Å². The van der Waals surface area contributed by atoms with Crippen molar-refractivity contribution in [2.75, 3.05) is 4.90 Å². The number of hydrogen-bond donors (Lipinski definition) is 0. The quantitative estimate of drug-likeness (QED) is 0.319. The highest BCUT2D eigenvalue weighted by Crippen LogP contribution is 2.53. The van der Waals surface area contributed by atoms with E-state index in [0.29, 0.717) is 0 Å². The molecule has 0 N–H and O–H groups in total. The Hall–Kier alpha value is -2.13. The Morgan fingerprint density at radius 2 is 1.64 bits per heavy atom. The lowest BCUT2D eigenvalue weighted by atomic mass is 9.99. The maximum atomic E-state index is 6.18. The first-order valence-corrected chi connectivity index (χ1v) is 11.1. The first-order chi connectivity index (χ1) is 13.5. The van der Waals surface area contributed by atoms with Crippen LogP contribution < -0.4 is 4.90 Å². The number of benzene rings is 2. The Labute approximate surface area is 173 Å². The van der Waals surface area contributed by atoms with Crippen LogP contribution in [0.5, 0.6) is 0 Å². The molecule has 2 aromatic carbocycles. The van der Waals surface area contributed by atoms with E-state index in [1.807, 2.05) is 18.7 Å². The summed E-state index contributed by atoms with van der Waals surface area (Å²) in [6, 6.07) is 13.6. The third-order valence-corrected chi connectivity index (χ3v) is 6.48. The molecule has 0 amide bonds. The molecule has 0 saturated heterocycles. The van der Waals surface area contributed by atoms with Gasteiger partial charge in [-0.15, -0.1) is 0 Å². The number of nitrogens with zero attached hydrogens (tertiary/aromatic N) is 1. The summed E-state index contributed by atoms with van der Waals surface area (Å²) in [5.74, 6) is 1.90. The molecule has 0 saturated carbocycles. The third-order valence-electron chi connectivity index (χ3n) is 5.43. The van der Waals surface area contributed by atoms with Crippen LogP contribution in [0.2, 0.25) is 0 Å². The van der Waals surface area contributed by atoms with Gasteiger partial charge in [0.2, 0.25) is 5.88 Å². The monoisotopic (exact) mass is 391 g/mol. The van der Waals surface area contributed by atoms with Crippen LogP contribution in [0.1, 0.15) is 54.2 Å². The van der Waals surface area contributed by atoms with Gasteiger partial charge in [0, 0.05) is 4.90 Å². The van der Waals surface area contributed by atoms with Crippen LogP contribution in [0.3, 0.4) is 0 Å². The van der Waals surface area contributed by atoms with Gasteiger partial charge in [0.25, 0.3) is 0 Å². The Bertz CT molecular complexity index is 994. The van der Waals surface area contributed by atoms with E-state index in [1.165, 1.54) is 62.7 Å². The maximum Gasteiger partial charge on any atom is 0.218 e. The highest BCUT2D eigenvalue weighted by molar-refractivity contribution is 7.99. The van der Waals surface area contributed by atoms with E-state index in [-0.39, 0.29) is 0 Å². The van der Waals surface area contributed by atoms with Gasteiger partial charge >= 0.3 is 0 Å². The molecule has 0 atom stereocenters. The molecule has 3 heteroatoms. The van der Waals surface area contributed by atoms with Gasteiger partial charge in [0.05, 0.1) is 16.3 Å². The molecule has 2 heterocycles. The fraction of sp³-hybridized carbons (Fsp3) is 0.360. The molecular weight excluding hydrogens is 362 g/mol. The van der Waals surface area contributed by atoms with Gasteiger partial charge < -0.3 is 4.42 Å². The molecule has 0 spiro atoms. The summed E-state index contributed by atoms with van der Waals surface area (Å²) < 4.78 is 6.18. The highest BCUT2D eigenvalue weighted by Gasteiger charge is 2.30. The van der Waals surface area contributed by atoms with E-state index < -0.39 is 0 Å². The lowest BCUT2D eigenvalue weighted by molar-refractivity contribution is 0.536. The summed E-state index contributed by atoms with van der Waals surface area (Å²) >= 11 is 1.81. The average molecular weight is 392 g/mol. The first-order valence-electron chi connectivity index (χ1n) is 10.3. The molecule has 3 aromatic rings.